The van der Waals surface area contributed by atoms with Crippen molar-refractivity contribution >= 4 is 34.7 Å². The number of nitrogens with zero attached hydrogens (tertiary/aromatic N) is 2. The fraction of sp³-hybridized carbons (Fsp3) is 0.385. The van der Waals surface area contributed by atoms with Crippen LogP contribution >= 0.6 is 0 Å². The van der Waals surface area contributed by atoms with E-state index in [1.165, 1.54) is 18.2 Å². The summed E-state index contributed by atoms with van der Waals surface area (Å²) in [6, 6.07) is 10.7. The van der Waals surface area contributed by atoms with Crippen molar-refractivity contribution in [1.82, 2.24) is 9.55 Å². The van der Waals surface area contributed by atoms with Gasteiger partial charge < -0.3 is 15.0 Å². The van der Waals surface area contributed by atoms with Crippen molar-refractivity contribution in [2.45, 2.75) is 52.3 Å². The van der Waals surface area contributed by atoms with Crippen molar-refractivity contribution in [2.24, 2.45) is 11.3 Å². The Morgan fingerprint density at radius 2 is 1.88 bits per heavy atom. The van der Waals surface area contributed by atoms with Gasteiger partial charge in [0.25, 0.3) is 0 Å². The fourth-order valence-electron chi connectivity index (χ4n) is 5.21. The Bertz CT molecular complexity index is 1230. The Morgan fingerprint density at radius 1 is 1.18 bits per heavy atom. The third-order valence-electron chi connectivity index (χ3n) is 6.33. The van der Waals surface area contributed by atoms with Gasteiger partial charge in [0.05, 0.1) is 16.6 Å². The Balaban J connectivity index is 1.77. The number of carbonyl (C=O) groups is 1. The van der Waals surface area contributed by atoms with Gasteiger partial charge in [-0.25, -0.2) is 9.78 Å². The third kappa shape index (κ3) is 5.26. The van der Waals surface area contributed by atoms with Crippen molar-refractivity contribution < 1.29 is 23.1 Å². The lowest BCUT2D eigenvalue weighted by Crippen LogP contribution is -2.29. The van der Waals surface area contributed by atoms with E-state index in [0.29, 0.717) is 28.6 Å². The lowest BCUT2D eigenvalue weighted by Gasteiger charge is -2.40. The minimum atomic E-state index is -4.39. The van der Waals surface area contributed by atoms with Crippen molar-refractivity contribution in [3.63, 3.8) is 0 Å². The zero-order valence-corrected chi connectivity index (χ0v) is 19.4. The predicted molar refractivity (Wildman–Crippen MR) is 127 cm³/mol. The van der Waals surface area contributed by atoms with Gasteiger partial charge in [0.2, 0.25) is 5.95 Å². The Kier molecular flexibility index (Phi) is 6.18. The van der Waals surface area contributed by atoms with Crippen LogP contribution in [0.4, 0.5) is 24.8 Å². The van der Waals surface area contributed by atoms with Crippen molar-refractivity contribution in [3.05, 3.63) is 59.7 Å². The molecule has 0 unspecified atom stereocenters. The van der Waals surface area contributed by atoms with Crippen LogP contribution in [-0.4, -0.2) is 20.6 Å². The second-order valence-corrected chi connectivity index (χ2v) is 9.99. The molecule has 2 atom stereocenters. The van der Waals surface area contributed by atoms with Gasteiger partial charge in [0.1, 0.15) is 0 Å². The molecule has 1 heterocycles. The van der Waals surface area contributed by atoms with E-state index in [9.17, 15) is 18.0 Å². The normalized spacial score (nSPS) is 20.6. The number of halogens is 3. The van der Waals surface area contributed by atoms with Gasteiger partial charge in [-0.2, -0.15) is 13.2 Å². The molecular formula is C26H28F3N3O2. The zero-order valence-electron chi connectivity index (χ0n) is 19.4. The quantitative estimate of drug-likeness (QED) is 0.384. The number of aliphatic carboxylic acids is 1. The number of carboxylic acid groups (broad SMARTS) is 1. The first-order valence-corrected chi connectivity index (χ1v) is 11.3. The smallest absolute Gasteiger partial charge is 0.416 e. The van der Waals surface area contributed by atoms with Crippen LogP contribution in [-0.2, 0) is 11.0 Å². The van der Waals surface area contributed by atoms with Crippen LogP contribution in [0.25, 0.3) is 17.1 Å². The summed E-state index contributed by atoms with van der Waals surface area (Å²) in [7, 11) is 0. The highest BCUT2D eigenvalue weighted by Crippen LogP contribution is 2.46. The van der Waals surface area contributed by atoms with E-state index in [2.05, 4.69) is 30.7 Å². The molecule has 2 N–H and O–H groups in total. The highest BCUT2D eigenvalue weighted by molar-refractivity contribution is 5.87. The van der Waals surface area contributed by atoms with Gasteiger partial charge >= 0.3 is 12.1 Å². The molecule has 4 rings (SSSR count). The molecule has 1 aliphatic carbocycles. The van der Waals surface area contributed by atoms with Gasteiger partial charge in [-0.1, -0.05) is 26.8 Å². The van der Waals surface area contributed by atoms with E-state index in [1.54, 1.807) is 0 Å². The molecule has 0 saturated heterocycles. The number of anilines is 2. The molecule has 1 aromatic heterocycles. The monoisotopic (exact) mass is 471 g/mol. The third-order valence-corrected chi connectivity index (χ3v) is 6.33. The molecule has 0 radical (unpaired) electrons. The first kappa shape index (κ1) is 23.9. The van der Waals surface area contributed by atoms with Crippen LogP contribution in [0.1, 0.15) is 57.2 Å². The molecule has 34 heavy (non-hydrogen) atoms. The number of fused-ring (bicyclic) bond motifs is 1. The molecule has 0 spiro atoms. The molecule has 1 aliphatic rings. The first-order valence-electron chi connectivity index (χ1n) is 11.3. The number of hydrogen-bond donors (Lipinski definition) is 2. The largest absolute Gasteiger partial charge is 0.478 e. The predicted octanol–water partition coefficient (Wildman–Crippen LogP) is 7.28. The van der Waals surface area contributed by atoms with Gasteiger partial charge in [0.15, 0.2) is 0 Å². The molecular weight excluding hydrogens is 443 g/mol. The average Bonchev–Trinajstić information content (AvgIpc) is 3.07. The number of nitrogens with one attached hydrogen (secondary N) is 1. The molecule has 1 fully saturated rings. The molecule has 5 nitrogen and oxygen atoms in total. The lowest BCUT2D eigenvalue weighted by molar-refractivity contribution is -0.137. The number of benzene rings is 2. The lowest BCUT2D eigenvalue weighted by atomic mass is 9.70. The SMILES string of the molecule is C[C@@H]1C[C@H](n2c(Nc3ccc(C(F)(F)F)cc3)nc3cc(/C=C/C(=O)O)ccc32)CC(C)(C)C1. The molecule has 1 saturated carbocycles. The Hall–Kier alpha value is -3.29. The van der Waals surface area contributed by atoms with E-state index < -0.39 is 17.7 Å². The summed E-state index contributed by atoms with van der Waals surface area (Å²) < 4.78 is 41.1. The molecule has 8 heteroatoms. The van der Waals surface area contributed by atoms with Gasteiger partial charge in [0, 0.05) is 17.8 Å². The zero-order chi connectivity index (χ0) is 24.7. The summed E-state index contributed by atoms with van der Waals surface area (Å²) in [6.45, 7) is 6.75. The Morgan fingerprint density at radius 3 is 2.50 bits per heavy atom. The molecule has 3 aromatic rings. The van der Waals surface area contributed by atoms with Crippen LogP contribution in [0, 0.1) is 11.3 Å². The van der Waals surface area contributed by atoms with Crippen LogP contribution in [0.5, 0.6) is 0 Å². The van der Waals surface area contributed by atoms with Crippen molar-refractivity contribution in [1.29, 1.82) is 0 Å². The van der Waals surface area contributed by atoms with Crippen molar-refractivity contribution in [3.8, 4) is 0 Å². The number of hydrogen-bond acceptors (Lipinski definition) is 3. The maximum absolute atomic E-state index is 13.0. The van der Waals surface area contributed by atoms with Crippen LogP contribution in [0.3, 0.4) is 0 Å². The second-order valence-electron chi connectivity index (χ2n) is 9.99. The molecule has 180 valence electrons. The summed E-state index contributed by atoms with van der Waals surface area (Å²) >= 11 is 0. The Labute approximate surface area is 196 Å². The standard InChI is InChI=1S/C26H28F3N3O2/c1-16-12-20(15-25(2,3)14-16)32-22-10-4-17(5-11-23(33)34)13-21(22)31-24(32)30-19-8-6-18(7-9-19)26(27,28)29/h4-11,13,16,20H,12,14-15H2,1-3H3,(H,30,31)(H,33,34)/b11-5+/t16-,20+/m1/s1. The molecule has 0 bridgehead atoms. The van der Waals surface area contributed by atoms with Gasteiger partial charge in [-0.05, 0) is 78.6 Å². The second kappa shape index (κ2) is 8.81. The number of carboxylic acids is 1. The molecule has 2 aromatic carbocycles. The van der Waals surface area contributed by atoms with E-state index in [0.717, 1.165) is 43.0 Å². The maximum atomic E-state index is 13.0. The highest BCUT2D eigenvalue weighted by Gasteiger charge is 2.35. The minimum Gasteiger partial charge on any atom is -0.478 e. The number of imidazole rings is 1. The fourth-order valence-corrected chi connectivity index (χ4v) is 5.21. The van der Waals surface area contributed by atoms with Crippen molar-refractivity contribution in [2.75, 3.05) is 5.32 Å². The van der Waals surface area contributed by atoms with E-state index in [4.69, 9.17) is 10.1 Å². The summed E-state index contributed by atoms with van der Waals surface area (Å²) in [5.41, 5.74) is 2.25. The number of alkyl halides is 3. The van der Waals surface area contributed by atoms with Crippen LogP contribution in [0.15, 0.2) is 48.5 Å². The number of rotatable bonds is 5. The summed E-state index contributed by atoms with van der Waals surface area (Å²) in [4.78, 5) is 15.7. The highest BCUT2D eigenvalue weighted by atomic mass is 19.4. The molecule has 0 amide bonds. The minimum absolute atomic E-state index is 0.148. The average molecular weight is 472 g/mol. The van der Waals surface area contributed by atoms with Crippen LogP contribution < -0.4 is 5.32 Å². The van der Waals surface area contributed by atoms with Crippen LogP contribution in [0.2, 0.25) is 0 Å². The van der Waals surface area contributed by atoms with E-state index in [1.807, 2.05) is 18.2 Å². The summed E-state index contributed by atoms with van der Waals surface area (Å²) in [5, 5.41) is 12.1. The topological polar surface area (TPSA) is 67.2 Å². The number of aromatic nitrogens is 2. The maximum Gasteiger partial charge on any atom is 0.416 e. The van der Waals surface area contributed by atoms with Gasteiger partial charge in [-0.3, -0.25) is 0 Å². The summed E-state index contributed by atoms with van der Waals surface area (Å²) in [6.07, 6.45) is 1.24. The summed E-state index contributed by atoms with van der Waals surface area (Å²) in [5.74, 6) is 0.0422. The molecule has 0 aliphatic heterocycles. The first-order chi connectivity index (χ1) is 15.9. The van der Waals surface area contributed by atoms with E-state index >= 15 is 0 Å². The van der Waals surface area contributed by atoms with E-state index in [-0.39, 0.29) is 11.5 Å². The van der Waals surface area contributed by atoms with Gasteiger partial charge in [-0.15, -0.1) is 0 Å².